The Hall–Kier alpha value is -1.83. The van der Waals surface area contributed by atoms with Gasteiger partial charge in [-0.15, -0.1) is 0 Å². The van der Waals surface area contributed by atoms with E-state index in [-0.39, 0.29) is 0 Å². The fraction of sp³-hybridized carbons (Fsp3) is 0.312. The quantitative estimate of drug-likeness (QED) is 0.619. The molecular weight excluding hydrogens is 224 g/mol. The van der Waals surface area contributed by atoms with Crippen LogP contribution in [-0.4, -0.2) is 11.1 Å². The molecule has 0 saturated heterocycles. The molecule has 0 bridgehead atoms. The molecule has 0 unspecified atom stereocenters. The third-order valence-corrected chi connectivity index (χ3v) is 2.78. The fourth-order valence-electron chi connectivity index (χ4n) is 1.86. The second-order valence-electron chi connectivity index (χ2n) is 4.65. The van der Waals surface area contributed by atoms with Crippen LogP contribution in [0.4, 0.5) is 0 Å². The SMILES string of the molecule is CC(C)=CCCC(C)=C(C(=O)O)c1ccccc1. The molecule has 0 aliphatic rings. The van der Waals surface area contributed by atoms with E-state index in [9.17, 15) is 9.90 Å². The Morgan fingerprint density at radius 2 is 1.78 bits per heavy atom. The second kappa shape index (κ2) is 6.80. The monoisotopic (exact) mass is 244 g/mol. The number of allylic oxidation sites excluding steroid dienone is 3. The molecule has 0 amide bonds. The number of aliphatic carboxylic acids is 1. The first-order valence-electron chi connectivity index (χ1n) is 6.14. The van der Waals surface area contributed by atoms with Gasteiger partial charge in [0.1, 0.15) is 0 Å². The largest absolute Gasteiger partial charge is 0.478 e. The molecule has 1 rings (SSSR count). The van der Waals surface area contributed by atoms with Crippen LogP contribution in [0.3, 0.4) is 0 Å². The predicted molar refractivity (Wildman–Crippen MR) is 75.3 cm³/mol. The lowest BCUT2D eigenvalue weighted by molar-refractivity contribution is -0.130. The number of carbonyl (C=O) groups is 1. The lowest BCUT2D eigenvalue weighted by Crippen LogP contribution is -2.02. The third-order valence-electron chi connectivity index (χ3n) is 2.78. The molecule has 1 aromatic carbocycles. The molecule has 2 heteroatoms. The number of hydrogen-bond donors (Lipinski definition) is 1. The summed E-state index contributed by atoms with van der Waals surface area (Å²) < 4.78 is 0. The summed E-state index contributed by atoms with van der Waals surface area (Å²) in [6.45, 7) is 6.00. The molecule has 1 N–H and O–H groups in total. The van der Waals surface area contributed by atoms with Crippen molar-refractivity contribution in [3.05, 3.63) is 53.1 Å². The Morgan fingerprint density at radius 3 is 2.28 bits per heavy atom. The molecule has 0 radical (unpaired) electrons. The minimum absolute atomic E-state index is 0.428. The van der Waals surface area contributed by atoms with Crippen LogP contribution in [0.2, 0.25) is 0 Å². The van der Waals surface area contributed by atoms with Crippen molar-refractivity contribution in [2.45, 2.75) is 33.6 Å². The van der Waals surface area contributed by atoms with Crippen LogP contribution in [0.5, 0.6) is 0 Å². The van der Waals surface area contributed by atoms with E-state index < -0.39 is 5.97 Å². The van der Waals surface area contributed by atoms with Crippen molar-refractivity contribution in [2.24, 2.45) is 0 Å². The standard InChI is InChI=1S/C16H20O2/c1-12(2)8-7-9-13(3)15(16(17)18)14-10-5-4-6-11-14/h4-6,8,10-11H,7,9H2,1-3H3,(H,17,18). The first-order chi connectivity index (χ1) is 8.52. The van der Waals surface area contributed by atoms with Crippen LogP contribution in [0.15, 0.2) is 47.6 Å². The molecule has 2 nitrogen and oxygen atoms in total. The summed E-state index contributed by atoms with van der Waals surface area (Å²) in [5.41, 5.74) is 3.39. The van der Waals surface area contributed by atoms with E-state index in [0.717, 1.165) is 24.0 Å². The van der Waals surface area contributed by atoms with Crippen molar-refractivity contribution in [3.63, 3.8) is 0 Å². The van der Waals surface area contributed by atoms with E-state index in [1.54, 1.807) is 0 Å². The number of hydrogen-bond acceptors (Lipinski definition) is 1. The smallest absolute Gasteiger partial charge is 0.336 e. The number of rotatable bonds is 5. The van der Waals surface area contributed by atoms with E-state index >= 15 is 0 Å². The summed E-state index contributed by atoms with van der Waals surface area (Å²) >= 11 is 0. The van der Waals surface area contributed by atoms with Gasteiger partial charge in [0.25, 0.3) is 0 Å². The van der Waals surface area contributed by atoms with E-state index in [4.69, 9.17) is 0 Å². The van der Waals surface area contributed by atoms with Crippen LogP contribution in [0.1, 0.15) is 39.2 Å². The average molecular weight is 244 g/mol. The van der Waals surface area contributed by atoms with Crippen LogP contribution in [-0.2, 0) is 4.79 Å². The number of carboxylic acids is 1. The summed E-state index contributed by atoms with van der Waals surface area (Å²) in [7, 11) is 0. The lowest BCUT2D eigenvalue weighted by Gasteiger charge is -2.08. The van der Waals surface area contributed by atoms with Crippen molar-refractivity contribution in [1.29, 1.82) is 0 Å². The van der Waals surface area contributed by atoms with Gasteiger partial charge in [-0.05, 0) is 39.2 Å². The first kappa shape index (κ1) is 14.2. The van der Waals surface area contributed by atoms with Gasteiger partial charge in [0.2, 0.25) is 0 Å². The molecule has 0 fully saturated rings. The summed E-state index contributed by atoms with van der Waals surface area (Å²) in [6.07, 6.45) is 3.80. The Morgan fingerprint density at radius 1 is 1.17 bits per heavy atom. The van der Waals surface area contributed by atoms with Crippen molar-refractivity contribution in [1.82, 2.24) is 0 Å². The Kier molecular flexibility index (Phi) is 5.37. The minimum atomic E-state index is -0.851. The van der Waals surface area contributed by atoms with E-state index in [0.29, 0.717) is 5.57 Å². The zero-order chi connectivity index (χ0) is 13.5. The van der Waals surface area contributed by atoms with E-state index in [1.165, 1.54) is 5.57 Å². The molecule has 0 heterocycles. The zero-order valence-corrected chi connectivity index (χ0v) is 11.2. The van der Waals surface area contributed by atoms with E-state index in [2.05, 4.69) is 6.08 Å². The van der Waals surface area contributed by atoms with Gasteiger partial charge < -0.3 is 5.11 Å². The van der Waals surface area contributed by atoms with Crippen molar-refractivity contribution in [3.8, 4) is 0 Å². The van der Waals surface area contributed by atoms with Gasteiger partial charge in [0, 0.05) is 0 Å². The highest BCUT2D eigenvalue weighted by Gasteiger charge is 2.13. The van der Waals surface area contributed by atoms with Gasteiger partial charge in [-0.2, -0.15) is 0 Å². The summed E-state index contributed by atoms with van der Waals surface area (Å²) in [6, 6.07) is 9.30. The predicted octanol–water partition coefficient (Wildman–Crippen LogP) is 4.29. The van der Waals surface area contributed by atoms with Crippen molar-refractivity contribution < 1.29 is 9.90 Å². The first-order valence-corrected chi connectivity index (χ1v) is 6.14. The average Bonchev–Trinajstić information content (AvgIpc) is 2.29. The molecule has 96 valence electrons. The molecule has 1 aromatic rings. The molecule has 0 aromatic heterocycles. The molecule has 0 aliphatic heterocycles. The normalized spacial score (nSPS) is 11.7. The summed E-state index contributed by atoms with van der Waals surface area (Å²) in [4.78, 5) is 11.4. The Balaban J connectivity index is 2.97. The van der Waals surface area contributed by atoms with Crippen LogP contribution in [0, 0.1) is 0 Å². The van der Waals surface area contributed by atoms with Crippen LogP contribution < -0.4 is 0 Å². The fourth-order valence-corrected chi connectivity index (χ4v) is 1.86. The lowest BCUT2D eigenvalue weighted by atomic mass is 9.97. The highest BCUT2D eigenvalue weighted by molar-refractivity contribution is 6.16. The molecule has 0 saturated carbocycles. The van der Waals surface area contributed by atoms with Crippen LogP contribution in [0.25, 0.3) is 5.57 Å². The Labute approximate surface area is 109 Å². The highest BCUT2D eigenvalue weighted by atomic mass is 16.4. The summed E-state index contributed by atoms with van der Waals surface area (Å²) in [5, 5.41) is 9.33. The van der Waals surface area contributed by atoms with Crippen molar-refractivity contribution in [2.75, 3.05) is 0 Å². The number of benzene rings is 1. The zero-order valence-electron chi connectivity index (χ0n) is 11.2. The second-order valence-corrected chi connectivity index (χ2v) is 4.65. The number of carboxylic acid groups (broad SMARTS) is 1. The topological polar surface area (TPSA) is 37.3 Å². The maximum absolute atomic E-state index is 11.4. The van der Waals surface area contributed by atoms with Gasteiger partial charge in [0.15, 0.2) is 0 Å². The van der Waals surface area contributed by atoms with Gasteiger partial charge in [-0.3, -0.25) is 0 Å². The molecular formula is C16H20O2. The third kappa shape index (κ3) is 4.21. The molecule has 0 spiro atoms. The highest BCUT2D eigenvalue weighted by Crippen LogP contribution is 2.22. The van der Waals surface area contributed by atoms with Crippen LogP contribution >= 0.6 is 0 Å². The molecule has 0 aliphatic carbocycles. The Bertz CT molecular complexity index is 463. The van der Waals surface area contributed by atoms with Crippen molar-refractivity contribution >= 4 is 11.5 Å². The summed E-state index contributed by atoms with van der Waals surface area (Å²) in [5.74, 6) is -0.851. The van der Waals surface area contributed by atoms with Gasteiger partial charge in [-0.25, -0.2) is 4.79 Å². The maximum atomic E-state index is 11.4. The molecule has 18 heavy (non-hydrogen) atoms. The molecule has 0 atom stereocenters. The van der Waals surface area contributed by atoms with E-state index in [1.807, 2.05) is 51.1 Å². The van der Waals surface area contributed by atoms with Gasteiger partial charge >= 0.3 is 5.97 Å². The minimum Gasteiger partial charge on any atom is -0.478 e. The van der Waals surface area contributed by atoms with Gasteiger partial charge in [-0.1, -0.05) is 47.6 Å². The maximum Gasteiger partial charge on any atom is 0.336 e. The van der Waals surface area contributed by atoms with Gasteiger partial charge in [0.05, 0.1) is 5.57 Å².